The lowest BCUT2D eigenvalue weighted by Crippen LogP contribution is -2.40. The van der Waals surface area contributed by atoms with Crippen LogP contribution < -0.4 is 5.73 Å². The molecule has 2 nitrogen and oxygen atoms in total. The molecule has 2 atom stereocenters. The van der Waals surface area contributed by atoms with Crippen LogP contribution >= 0.6 is 0 Å². The zero-order valence-corrected chi connectivity index (χ0v) is 8.92. The molecule has 0 aromatic rings. The first-order chi connectivity index (χ1) is 6.14. The second kappa shape index (κ2) is 3.25. The van der Waals surface area contributed by atoms with Crippen LogP contribution in [0.2, 0.25) is 0 Å². The summed E-state index contributed by atoms with van der Waals surface area (Å²) in [7, 11) is 0. The van der Waals surface area contributed by atoms with Crippen molar-refractivity contribution in [1.82, 2.24) is 4.90 Å². The number of hydrogen-bond acceptors (Lipinski definition) is 2. The number of likely N-dealkylation sites (tertiary alicyclic amines) is 1. The van der Waals surface area contributed by atoms with E-state index < -0.39 is 0 Å². The fourth-order valence-corrected chi connectivity index (χ4v) is 3.04. The van der Waals surface area contributed by atoms with Crippen LogP contribution in [0.25, 0.3) is 0 Å². The molecule has 1 saturated carbocycles. The largest absolute Gasteiger partial charge is 0.327 e. The molecule has 2 unspecified atom stereocenters. The van der Waals surface area contributed by atoms with Crippen LogP contribution in [0.15, 0.2) is 0 Å². The number of rotatable bonds is 1. The molecule has 2 rings (SSSR count). The number of nitrogens with zero attached hydrogens (tertiary/aromatic N) is 1. The maximum absolute atomic E-state index is 6.21. The Morgan fingerprint density at radius 2 is 2.15 bits per heavy atom. The molecule has 1 aliphatic carbocycles. The summed E-state index contributed by atoms with van der Waals surface area (Å²) in [6, 6.07) is 1.18. The van der Waals surface area contributed by atoms with Crippen LogP contribution in [-0.4, -0.2) is 30.1 Å². The molecule has 0 radical (unpaired) electrons. The highest BCUT2D eigenvalue weighted by molar-refractivity contribution is 5.01. The summed E-state index contributed by atoms with van der Waals surface area (Å²) < 4.78 is 0. The molecule has 1 spiro atoms. The third-order valence-electron chi connectivity index (χ3n) is 4.12. The third kappa shape index (κ3) is 1.50. The number of hydrogen-bond donors (Lipinski definition) is 1. The summed E-state index contributed by atoms with van der Waals surface area (Å²) in [6.07, 6.45) is 5.32. The monoisotopic (exact) mass is 182 g/mol. The van der Waals surface area contributed by atoms with Crippen molar-refractivity contribution in [2.45, 2.75) is 51.6 Å². The van der Waals surface area contributed by atoms with E-state index in [0.29, 0.717) is 17.5 Å². The average Bonchev–Trinajstić information content (AvgIpc) is 2.63. The van der Waals surface area contributed by atoms with Gasteiger partial charge in [-0.15, -0.1) is 0 Å². The second-order valence-electron chi connectivity index (χ2n) is 5.18. The first-order valence-electron chi connectivity index (χ1n) is 5.64. The topological polar surface area (TPSA) is 29.3 Å². The molecule has 13 heavy (non-hydrogen) atoms. The maximum atomic E-state index is 6.21. The van der Waals surface area contributed by atoms with E-state index in [1.807, 2.05) is 0 Å². The van der Waals surface area contributed by atoms with Gasteiger partial charge in [0, 0.05) is 18.6 Å². The molecule has 76 valence electrons. The summed E-state index contributed by atoms with van der Waals surface area (Å²) in [5.74, 6) is 0. The molecule has 1 aliphatic heterocycles. The van der Waals surface area contributed by atoms with Crippen LogP contribution in [-0.2, 0) is 0 Å². The lowest BCUT2D eigenvalue weighted by Gasteiger charge is -2.30. The van der Waals surface area contributed by atoms with Gasteiger partial charge >= 0.3 is 0 Å². The highest BCUT2D eigenvalue weighted by Crippen LogP contribution is 2.44. The van der Waals surface area contributed by atoms with Crippen molar-refractivity contribution in [3.05, 3.63) is 0 Å². The molecule has 0 amide bonds. The first kappa shape index (κ1) is 9.47. The van der Waals surface area contributed by atoms with E-state index in [9.17, 15) is 0 Å². The highest BCUT2D eigenvalue weighted by Gasteiger charge is 2.45. The zero-order valence-electron chi connectivity index (χ0n) is 8.92. The summed E-state index contributed by atoms with van der Waals surface area (Å²) >= 11 is 0. The van der Waals surface area contributed by atoms with Gasteiger partial charge in [-0.1, -0.05) is 6.42 Å². The highest BCUT2D eigenvalue weighted by atomic mass is 15.2. The minimum Gasteiger partial charge on any atom is -0.327 e. The van der Waals surface area contributed by atoms with Gasteiger partial charge in [0.25, 0.3) is 0 Å². The van der Waals surface area contributed by atoms with Crippen molar-refractivity contribution in [2.75, 3.05) is 13.1 Å². The second-order valence-corrected chi connectivity index (χ2v) is 5.18. The normalized spacial score (nSPS) is 41.1. The molecule has 2 aliphatic rings. The van der Waals surface area contributed by atoms with E-state index in [1.54, 1.807) is 0 Å². The van der Waals surface area contributed by atoms with Crippen molar-refractivity contribution < 1.29 is 0 Å². The molecule has 1 heterocycles. The quantitative estimate of drug-likeness (QED) is 0.667. The van der Waals surface area contributed by atoms with Gasteiger partial charge in [0.2, 0.25) is 0 Å². The predicted octanol–water partition coefficient (Wildman–Crippen LogP) is 1.60. The van der Waals surface area contributed by atoms with Gasteiger partial charge in [0.1, 0.15) is 0 Å². The Balaban J connectivity index is 2.03. The van der Waals surface area contributed by atoms with Gasteiger partial charge in [-0.25, -0.2) is 0 Å². The average molecular weight is 182 g/mol. The van der Waals surface area contributed by atoms with Crippen molar-refractivity contribution in [3.8, 4) is 0 Å². The van der Waals surface area contributed by atoms with E-state index in [-0.39, 0.29) is 0 Å². The van der Waals surface area contributed by atoms with E-state index in [0.717, 1.165) is 0 Å². The van der Waals surface area contributed by atoms with Crippen LogP contribution in [0.5, 0.6) is 0 Å². The van der Waals surface area contributed by atoms with Crippen molar-refractivity contribution in [2.24, 2.45) is 11.1 Å². The smallest absolute Gasteiger partial charge is 0.0108 e. The van der Waals surface area contributed by atoms with Crippen LogP contribution in [0.4, 0.5) is 0 Å². The van der Waals surface area contributed by atoms with E-state index in [2.05, 4.69) is 18.7 Å². The number of nitrogens with two attached hydrogens (primary N) is 1. The Hall–Kier alpha value is -0.0800. The van der Waals surface area contributed by atoms with E-state index in [4.69, 9.17) is 5.73 Å². The minimum absolute atomic E-state index is 0.483. The predicted molar refractivity (Wildman–Crippen MR) is 55.6 cm³/mol. The van der Waals surface area contributed by atoms with E-state index in [1.165, 1.54) is 38.8 Å². The molecular formula is C11H22N2. The molecule has 0 aromatic carbocycles. The van der Waals surface area contributed by atoms with Crippen LogP contribution in [0.1, 0.15) is 39.5 Å². The standard InChI is InChI=1S/C11H22N2/c1-9(2)13-7-6-11(8-13)5-3-4-10(11)12/h9-10H,3-8,12H2,1-2H3. The van der Waals surface area contributed by atoms with Gasteiger partial charge in [-0.3, -0.25) is 0 Å². The Bertz CT molecular complexity index is 191. The van der Waals surface area contributed by atoms with Crippen molar-refractivity contribution >= 4 is 0 Å². The SMILES string of the molecule is CC(C)N1CCC2(CCCC2N)C1. The Labute approximate surface area is 81.5 Å². The zero-order chi connectivity index (χ0) is 9.47. The van der Waals surface area contributed by atoms with Gasteiger partial charge < -0.3 is 10.6 Å². The fraction of sp³-hybridized carbons (Fsp3) is 1.00. The fourth-order valence-electron chi connectivity index (χ4n) is 3.04. The van der Waals surface area contributed by atoms with Crippen molar-refractivity contribution in [1.29, 1.82) is 0 Å². The molecule has 2 heteroatoms. The Kier molecular flexibility index (Phi) is 2.37. The molecule has 2 fully saturated rings. The van der Waals surface area contributed by atoms with Crippen LogP contribution in [0.3, 0.4) is 0 Å². The minimum atomic E-state index is 0.483. The van der Waals surface area contributed by atoms with E-state index >= 15 is 0 Å². The molecule has 2 N–H and O–H groups in total. The molecule has 0 bridgehead atoms. The van der Waals surface area contributed by atoms with Crippen molar-refractivity contribution in [3.63, 3.8) is 0 Å². The lowest BCUT2D eigenvalue weighted by molar-refractivity contribution is 0.210. The van der Waals surface area contributed by atoms with Gasteiger partial charge in [-0.05, 0) is 45.1 Å². The third-order valence-corrected chi connectivity index (χ3v) is 4.12. The Morgan fingerprint density at radius 1 is 1.38 bits per heavy atom. The molecule has 0 aromatic heterocycles. The lowest BCUT2D eigenvalue weighted by atomic mass is 9.82. The summed E-state index contributed by atoms with van der Waals surface area (Å²) in [5.41, 5.74) is 6.71. The summed E-state index contributed by atoms with van der Waals surface area (Å²) in [5, 5.41) is 0. The summed E-state index contributed by atoms with van der Waals surface area (Å²) in [6.45, 7) is 7.11. The first-order valence-corrected chi connectivity index (χ1v) is 5.64. The summed E-state index contributed by atoms with van der Waals surface area (Å²) in [4.78, 5) is 2.59. The molecule has 1 saturated heterocycles. The Morgan fingerprint density at radius 3 is 2.62 bits per heavy atom. The maximum Gasteiger partial charge on any atom is 0.0108 e. The van der Waals surface area contributed by atoms with Gasteiger partial charge in [0.05, 0.1) is 0 Å². The van der Waals surface area contributed by atoms with Gasteiger partial charge in [0.15, 0.2) is 0 Å². The van der Waals surface area contributed by atoms with Gasteiger partial charge in [-0.2, -0.15) is 0 Å². The molecular weight excluding hydrogens is 160 g/mol. The van der Waals surface area contributed by atoms with Crippen LogP contribution in [0, 0.1) is 5.41 Å².